The number of halogens is 1. The van der Waals surface area contributed by atoms with Gasteiger partial charge in [0.2, 0.25) is 11.8 Å². The van der Waals surface area contributed by atoms with E-state index >= 15 is 0 Å². The maximum absolute atomic E-state index is 13.4. The number of aromatic carboxylic acids is 1. The molecule has 3 aromatic carbocycles. The Bertz CT molecular complexity index is 1770. The smallest absolute Gasteiger partial charge is 0.335 e. The number of carbonyl (C=O) groups excluding carboxylic acids is 4. The highest BCUT2D eigenvalue weighted by atomic mass is 35.5. The van der Waals surface area contributed by atoms with E-state index in [4.69, 9.17) is 16.7 Å². The predicted molar refractivity (Wildman–Crippen MR) is 164 cm³/mol. The lowest BCUT2D eigenvalue weighted by molar-refractivity contribution is -0.137. The minimum atomic E-state index is -1.26. The van der Waals surface area contributed by atoms with E-state index in [1.54, 1.807) is 41.3 Å². The second kappa shape index (κ2) is 14.0. The van der Waals surface area contributed by atoms with Gasteiger partial charge in [-0.2, -0.15) is 4.68 Å². The minimum absolute atomic E-state index is 0.0170. The summed E-state index contributed by atoms with van der Waals surface area (Å²) in [6.45, 7) is 0.359. The molecular weight excluding hydrogens is 620 g/mol. The molecule has 0 saturated carbocycles. The molecule has 0 unspecified atom stereocenters. The van der Waals surface area contributed by atoms with Gasteiger partial charge in [0, 0.05) is 29.4 Å². The molecule has 16 heteroatoms. The van der Waals surface area contributed by atoms with Crippen molar-refractivity contribution in [2.45, 2.75) is 31.4 Å². The fourth-order valence-electron chi connectivity index (χ4n) is 4.75. The molecule has 1 fully saturated rings. The van der Waals surface area contributed by atoms with Gasteiger partial charge in [-0.05, 0) is 77.0 Å². The fourth-order valence-corrected chi connectivity index (χ4v) is 4.93. The van der Waals surface area contributed by atoms with Crippen LogP contribution < -0.4 is 20.9 Å². The van der Waals surface area contributed by atoms with Crippen LogP contribution in [0.15, 0.2) is 73.1 Å². The first-order valence-corrected chi connectivity index (χ1v) is 14.3. The number of carbonyl (C=O) groups is 5. The first-order valence-electron chi connectivity index (χ1n) is 13.9. The highest BCUT2D eigenvalue weighted by Gasteiger charge is 2.27. The van der Waals surface area contributed by atoms with Crippen molar-refractivity contribution in [3.63, 3.8) is 0 Å². The van der Waals surface area contributed by atoms with Crippen molar-refractivity contribution in [2.24, 2.45) is 0 Å². The van der Waals surface area contributed by atoms with Gasteiger partial charge in [0.25, 0.3) is 0 Å². The van der Waals surface area contributed by atoms with Crippen molar-refractivity contribution in [3.05, 3.63) is 89.2 Å². The van der Waals surface area contributed by atoms with Crippen molar-refractivity contribution < 1.29 is 34.2 Å². The van der Waals surface area contributed by atoms with Crippen LogP contribution in [0.4, 0.5) is 17.1 Å². The molecule has 15 nitrogen and oxygen atoms in total. The molecule has 4 aromatic rings. The van der Waals surface area contributed by atoms with E-state index in [0.29, 0.717) is 29.9 Å². The molecule has 5 N–H and O–H groups in total. The Labute approximate surface area is 266 Å². The number of benzene rings is 3. The maximum Gasteiger partial charge on any atom is 0.335 e. The zero-order chi connectivity index (χ0) is 32.8. The largest absolute Gasteiger partial charge is 0.478 e. The summed E-state index contributed by atoms with van der Waals surface area (Å²) < 4.78 is 1.26. The Morgan fingerprint density at radius 3 is 2.37 bits per heavy atom. The average Bonchev–Trinajstić information content (AvgIpc) is 3.56. The number of amides is 4. The molecule has 1 aliphatic rings. The number of tetrazole rings is 1. The van der Waals surface area contributed by atoms with E-state index in [-0.39, 0.29) is 40.7 Å². The van der Waals surface area contributed by atoms with Gasteiger partial charge in [-0.25, -0.2) is 4.79 Å². The summed E-state index contributed by atoms with van der Waals surface area (Å²) in [6, 6.07) is 15.4. The van der Waals surface area contributed by atoms with Gasteiger partial charge >= 0.3 is 17.8 Å². The number of hydrogen-bond acceptors (Lipinski definition) is 9. The number of carboxylic acid groups (broad SMARTS) is 1. The van der Waals surface area contributed by atoms with E-state index < -0.39 is 35.8 Å². The lowest BCUT2D eigenvalue weighted by atomic mass is 10.0. The van der Waals surface area contributed by atoms with E-state index in [1.165, 1.54) is 41.3 Å². The molecule has 1 aliphatic heterocycles. The van der Waals surface area contributed by atoms with Crippen molar-refractivity contribution >= 4 is 58.3 Å². The van der Waals surface area contributed by atoms with Crippen LogP contribution in [0.5, 0.6) is 0 Å². The third kappa shape index (κ3) is 7.69. The summed E-state index contributed by atoms with van der Waals surface area (Å²) in [7, 11) is 0. The van der Waals surface area contributed by atoms with Gasteiger partial charge in [0.15, 0.2) is 0 Å². The zero-order valence-electron chi connectivity index (χ0n) is 24.0. The zero-order valence-corrected chi connectivity index (χ0v) is 24.7. The number of anilines is 3. The van der Waals surface area contributed by atoms with Gasteiger partial charge in [-0.1, -0.05) is 23.7 Å². The molecule has 236 valence electrons. The highest BCUT2D eigenvalue weighted by molar-refractivity contribution is 6.40. The van der Waals surface area contributed by atoms with Crippen LogP contribution in [0, 0.1) is 0 Å². The highest BCUT2D eigenvalue weighted by Crippen LogP contribution is 2.24. The molecular formula is C30H27ClN8O7. The number of carboxylic acids is 1. The van der Waals surface area contributed by atoms with Gasteiger partial charge in [-0.15, -0.1) is 5.10 Å². The Hall–Kier alpha value is -5.67. The van der Waals surface area contributed by atoms with E-state index in [1.807, 2.05) is 0 Å². The Morgan fingerprint density at radius 2 is 1.72 bits per heavy atom. The molecule has 0 spiro atoms. The molecule has 0 bridgehead atoms. The first kappa shape index (κ1) is 31.7. The number of aliphatic hydroxyl groups excluding tert-OH is 1. The van der Waals surface area contributed by atoms with Crippen LogP contribution >= 0.6 is 11.6 Å². The molecule has 1 aromatic heterocycles. The summed E-state index contributed by atoms with van der Waals surface area (Å²) in [4.78, 5) is 64.7. The summed E-state index contributed by atoms with van der Waals surface area (Å²) in [5.41, 5.74) is 1.97. The second-order valence-corrected chi connectivity index (χ2v) is 10.8. The summed E-state index contributed by atoms with van der Waals surface area (Å²) in [5.74, 6) is -4.24. The summed E-state index contributed by atoms with van der Waals surface area (Å²) >= 11 is 6.11. The third-order valence-electron chi connectivity index (χ3n) is 7.12. The molecule has 1 saturated heterocycles. The van der Waals surface area contributed by atoms with Gasteiger partial charge in [-0.3, -0.25) is 19.2 Å². The van der Waals surface area contributed by atoms with Crippen LogP contribution in [-0.4, -0.2) is 78.7 Å². The van der Waals surface area contributed by atoms with Crippen molar-refractivity contribution in [2.75, 3.05) is 22.1 Å². The van der Waals surface area contributed by atoms with Crippen molar-refractivity contribution in [3.8, 4) is 5.69 Å². The maximum atomic E-state index is 13.4. The second-order valence-electron chi connectivity index (χ2n) is 10.3. The lowest BCUT2D eigenvalue weighted by Gasteiger charge is -2.29. The Morgan fingerprint density at radius 1 is 0.978 bits per heavy atom. The number of nitrogens with zero attached hydrogens (tertiary/aromatic N) is 5. The standard InChI is InChI=1S/C30H27ClN8O7/c31-19-5-10-25(39-16-32-36-37-39)23(14-19)34-28(43)29(44)35-24(27(42)33-20-6-3-18(4-7-20)30(45)46)13-17-1-8-21(9-2-17)38-12-11-22(40)15-26(38)41/h1-10,14,16,22,24,40H,11-13,15H2,(H,33,42)(H,34,43)(H,35,44)(H,45,46)/t22-,24-/m0/s1. The number of aliphatic hydroxyl groups is 1. The first-order chi connectivity index (χ1) is 22.1. The Balaban J connectivity index is 1.33. The SMILES string of the molecule is O=C(Nc1cc(Cl)ccc1-n1cnnn1)C(=O)N[C@@H](Cc1ccc(N2CC[C@H](O)CC2=O)cc1)C(=O)Nc1ccc(C(=O)O)cc1. The van der Waals surface area contributed by atoms with Crippen molar-refractivity contribution in [1.29, 1.82) is 0 Å². The number of nitrogens with one attached hydrogen (secondary N) is 3. The minimum Gasteiger partial charge on any atom is -0.478 e. The predicted octanol–water partition coefficient (Wildman–Crippen LogP) is 1.81. The number of rotatable bonds is 9. The number of aromatic nitrogens is 4. The molecule has 2 atom stereocenters. The molecule has 4 amide bonds. The molecule has 0 radical (unpaired) electrons. The van der Waals surface area contributed by atoms with Gasteiger partial charge in [0.05, 0.1) is 29.5 Å². The van der Waals surface area contributed by atoms with Gasteiger partial charge in [0.1, 0.15) is 12.4 Å². The fraction of sp³-hybridized carbons (Fsp3) is 0.200. The Kier molecular flexibility index (Phi) is 9.64. The van der Waals surface area contributed by atoms with E-state index in [0.717, 1.165) is 0 Å². The van der Waals surface area contributed by atoms with E-state index in [9.17, 15) is 29.1 Å². The number of piperidine rings is 1. The van der Waals surface area contributed by atoms with Gasteiger partial charge < -0.3 is 31.1 Å². The third-order valence-corrected chi connectivity index (χ3v) is 7.35. The number of hydrogen-bond donors (Lipinski definition) is 5. The summed E-state index contributed by atoms with van der Waals surface area (Å²) in [6.07, 6.45) is 1.05. The summed E-state index contributed by atoms with van der Waals surface area (Å²) in [5, 5.41) is 37.7. The lowest BCUT2D eigenvalue weighted by Crippen LogP contribution is -2.49. The normalized spacial score (nSPS) is 15.1. The average molecular weight is 647 g/mol. The van der Waals surface area contributed by atoms with Crippen LogP contribution in [0.2, 0.25) is 5.02 Å². The topological polar surface area (TPSA) is 209 Å². The quantitative estimate of drug-likeness (QED) is 0.167. The van der Waals surface area contributed by atoms with Crippen LogP contribution in [-0.2, 0) is 25.6 Å². The van der Waals surface area contributed by atoms with Crippen LogP contribution in [0.3, 0.4) is 0 Å². The molecule has 46 heavy (non-hydrogen) atoms. The van der Waals surface area contributed by atoms with Crippen molar-refractivity contribution in [1.82, 2.24) is 25.5 Å². The van der Waals surface area contributed by atoms with E-state index in [2.05, 4.69) is 31.5 Å². The molecule has 5 rings (SSSR count). The molecule has 0 aliphatic carbocycles. The van der Waals surface area contributed by atoms with Crippen LogP contribution in [0.25, 0.3) is 5.69 Å². The van der Waals surface area contributed by atoms with Crippen LogP contribution in [0.1, 0.15) is 28.8 Å². The monoisotopic (exact) mass is 646 g/mol. The molecule has 2 heterocycles.